The molecule has 1 aromatic carbocycles. The van der Waals surface area contributed by atoms with E-state index in [9.17, 15) is 4.79 Å². The van der Waals surface area contributed by atoms with Crippen molar-refractivity contribution in [1.82, 2.24) is 10.3 Å². The second-order valence-corrected chi connectivity index (χ2v) is 7.54. The van der Waals surface area contributed by atoms with Crippen LogP contribution < -0.4 is 5.32 Å². The molecule has 3 nitrogen and oxygen atoms in total. The summed E-state index contributed by atoms with van der Waals surface area (Å²) < 4.78 is 0. The van der Waals surface area contributed by atoms with Crippen molar-refractivity contribution in [3.05, 3.63) is 41.1 Å². The zero-order valence-electron chi connectivity index (χ0n) is 13.3. The van der Waals surface area contributed by atoms with Crippen LogP contribution in [-0.4, -0.2) is 16.9 Å². The van der Waals surface area contributed by atoms with Crippen molar-refractivity contribution in [1.29, 1.82) is 0 Å². The first-order valence-corrected chi connectivity index (χ1v) is 9.01. The minimum Gasteiger partial charge on any atom is -0.349 e. The summed E-state index contributed by atoms with van der Waals surface area (Å²) in [5.41, 5.74) is 4.21. The van der Waals surface area contributed by atoms with E-state index in [0.29, 0.717) is 12.0 Å². The second kappa shape index (κ2) is 5.05. The summed E-state index contributed by atoms with van der Waals surface area (Å²) in [6.07, 6.45) is 8.28. The van der Waals surface area contributed by atoms with Gasteiger partial charge < -0.3 is 5.32 Å². The first-order chi connectivity index (χ1) is 11.3. The smallest absolute Gasteiger partial charge is 0.252 e. The average molecular weight is 306 g/mol. The summed E-state index contributed by atoms with van der Waals surface area (Å²) in [5, 5.41) is 4.40. The number of pyridine rings is 1. The molecule has 3 aliphatic carbocycles. The lowest BCUT2D eigenvalue weighted by Gasteiger charge is -2.24. The zero-order chi connectivity index (χ0) is 15.4. The molecule has 5 rings (SSSR count). The van der Waals surface area contributed by atoms with Gasteiger partial charge in [-0.15, -0.1) is 0 Å². The maximum Gasteiger partial charge on any atom is 0.252 e. The lowest BCUT2D eigenvalue weighted by atomic mass is 9.94. The molecule has 1 aromatic heterocycles. The number of para-hydroxylation sites is 1. The molecule has 0 spiro atoms. The molecule has 3 unspecified atom stereocenters. The summed E-state index contributed by atoms with van der Waals surface area (Å²) in [6.45, 7) is 0. The minimum atomic E-state index is 0.138. The number of nitrogens with one attached hydrogen (secondary N) is 1. The molecule has 0 radical (unpaired) electrons. The molecule has 118 valence electrons. The summed E-state index contributed by atoms with van der Waals surface area (Å²) in [4.78, 5) is 17.9. The van der Waals surface area contributed by atoms with E-state index in [4.69, 9.17) is 4.98 Å². The first-order valence-electron chi connectivity index (χ1n) is 9.01. The van der Waals surface area contributed by atoms with Crippen LogP contribution in [0.1, 0.15) is 53.7 Å². The highest BCUT2D eigenvalue weighted by molar-refractivity contribution is 6.08. The number of amides is 1. The monoisotopic (exact) mass is 306 g/mol. The fourth-order valence-electron chi connectivity index (χ4n) is 5.13. The van der Waals surface area contributed by atoms with Gasteiger partial charge in [0.2, 0.25) is 0 Å². The molecule has 2 bridgehead atoms. The van der Waals surface area contributed by atoms with Crippen molar-refractivity contribution < 1.29 is 4.79 Å². The van der Waals surface area contributed by atoms with E-state index in [1.165, 1.54) is 31.2 Å². The highest BCUT2D eigenvalue weighted by Crippen LogP contribution is 2.44. The molecule has 2 aromatic rings. The minimum absolute atomic E-state index is 0.138. The zero-order valence-corrected chi connectivity index (χ0v) is 13.3. The first kappa shape index (κ1) is 13.5. The van der Waals surface area contributed by atoms with Crippen molar-refractivity contribution in [3.63, 3.8) is 0 Å². The van der Waals surface area contributed by atoms with Gasteiger partial charge in [-0.25, -0.2) is 0 Å². The number of fused-ring (bicyclic) bond motifs is 4. The Morgan fingerprint density at radius 1 is 1.13 bits per heavy atom. The Balaban J connectivity index is 1.55. The van der Waals surface area contributed by atoms with E-state index < -0.39 is 0 Å². The van der Waals surface area contributed by atoms with E-state index in [1.807, 2.05) is 18.2 Å². The number of hydrogen-bond acceptors (Lipinski definition) is 2. The summed E-state index contributed by atoms with van der Waals surface area (Å²) >= 11 is 0. The Morgan fingerprint density at radius 3 is 2.87 bits per heavy atom. The summed E-state index contributed by atoms with van der Waals surface area (Å²) in [5.74, 6) is 1.70. The number of carbonyl (C=O) groups is 1. The molecule has 2 saturated carbocycles. The fourth-order valence-corrected chi connectivity index (χ4v) is 5.13. The SMILES string of the molecule is O=C(NC1CC2CCC1C2)c1c2c(nc3ccccc13)CCC2. The van der Waals surface area contributed by atoms with Gasteiger partial charge in [-0.1, -0.05) is 24.6 Å². The van der Waals surface area contributed by atoms with E-state index >= 15 is 0 Å². The Hall–Kier alpha value is -1.90. The van der Waals surface area contributed by atoms with Crippen molar-refractivity contribution in [2.45, 2.75) is 51.0 Å². The number of carbonyl (C=O) groups excluding carboxylic acids is 1. The van der Waals surface area contributed by atoms with Crippen LogP contribution in [0.15, 0.2) is 24.3 Å². The molecule has 3 heteroatoms. The van der Waals surface area contributed by atoms with Gasteiger partial charge >= 0.3 is 0 Å². The number of aryl methyl sites for hydroxylation is 1. The van der Waals surface area contributed by atoms with Crippen LogP contribution in [0.5, 0.6) is 0 Å². The summed E-state index contributed by atoms with van der Waals surface area (Å²) in [6, 6.07) is 8.50. The van der Waals surface area contributed by atoms with Crippen LogP contribution >= 0.6 is 0 Å². The van der Waals surface area contributed by atoms with Crippen LogP contribution in [-0.2, 0) is 12.8 Å². The normalized spacial score (nSPS) is 28.3. The molecule has 1 N–H and O–H groups in total. The van der Waals surface area contributed by atoms with Crippen LogP contribution in [0.2, 0.25) is 0 Å². The lowest BCUT2D eigenvalue weighted by Crippen LogP contribution is -2.39. The third kappa shape index (κ3) is 2.09. The van der Waals surface area contributed by atoms with Gasteiger partial charge in [0.25, 0.3) is 5.91 Å². The molecule has 3 atom stereocenters. The number of rotatable bonds is 2. The predicted octanol–water partition coefficient (Wildman–Crippen LogP) is 3.64. The Morgan fingerprint density at radius 2 is 2.04 bits per heavy atom. The number of nitrogens with zero attached hydrogens (tertiary/aromatic N) is 1. The van der Waals surface area contributed by atoms with Gasteiger partial charge in [0.1, 0.15) is 0 Å². The molecule has 3 aliphatic rings. The van der Waals surface area contributed by atoms with Crippen LogP contribution in [0, 0.1) is 11.8 Å². The molecule has 0 saturated heterocycles. The van der Waals surface area contributed by atoms with Gasteiger partial charge in [-0.05, 0) is 62.0 Å². The highest BCUT2D eigenvalue weighted by Gasteiger charge is 2.40. The molecule has 1 heterocycles. The average Bonchev–Trinajstić information content (AvgIpc) is 3.28. The Bertz CT molecular complexity index is 798. The van der Waals surface area contributed by atoms with Crippen molar-refractivity contribution >= 4 is 16.8 Å². The molecule has 2 fully saturated rings. The van der Waals surface area contributed by atoms with Crippen LogP contribution in [0.25, 0.3) is 10.9 Å². The quantitative estimate of drug-likeness (QED) is 0.920. The largest absolute Gasteiger partial charge is 0.349 e. The maximum atomic E-state index is 13.1. The van der Waals surface area contributed by atoms with E-state index in [1.54, 1.807) is 0 Å². The topological polar surface area (TPSA) is 42.0 Å². The molecule has 0 aliphatic heterocycles. The lowest BCUT2D eigenvalue weighted by molar-refractivity contribution is 0.0923. The second-order valence-electron chi connectivity index (χ2n) is 7.54. The van der Waals surface area contributed by atoms with E-state index in [2.05, 4.69) is 11.4 Å². The number of benzene rings is 1. The Kier molecular flexibility index (Phi) is 2.97. The highest BCUT2D eigenvalue weighted by atomic mass is 16.1. The van der Waals surface area contributed by atoms with Crippen LogP contribution in [0.3, 0.4) is 0 Å². The van der Waals surface area contributed by atoms with E-state index in [0.717, 1.165) is 47.3 Å². The standard InChI is InChI=1S/C20H22N2O/c23-20(22-18-11-12-8-9-13(18)10-12)19-14-4-1-2-6-16(14)21-17-7-3-5-15(17)19/h1-2,4,6,12-13,18H,3,5,7-11H2,(H,22,23). The summed E-state index contributed by atoms with van der Waals surface area (Å²) in [7, 11) is 0. The molecular formula is C20H22N2O. The van der Waals surface area contributed by atoms with Gasteiger partial charge in [0.05, 0.1) is 11.1 Å². The number of hydrogen-bond donors (Lipinski definition) is 1. The maximum absolute atomic E-state index is 13.1. The predicted molar refractivity (Wildman–Crippen MR) is 90.5 cm³/mol. The Labute approximate surface area is 136 Å². The molecule has 23 heavy (non-hydrogen) atoms. The third-order valence-corrected chi connectivity index (χ3v) is 6.20. The van der Waals surface area contributed by atoms with Gasteiger partial charge in [-0.2, -0.15) is 0 Å². The van der Waals surface area contributed by atoms with Crippen molar-refractivity contribution in [2.24, 2.45) is 11.8 Å². The number of aromatic nitrogens is 1. The van der Waals surface area contributed by atoms with Gasteiger partial charge in [-0.3, -0.25) is 9.78 Å². The van der Waals surface area contributed by atoms with Crippen LogP contribution in [0.4, 0.5) is 0 Å². The molecular weight excluding hydrogens is 284 g/mol. The van der Waals surface area contributed by atoms with Crippen molar-refractivity contribution in [3.8, 4) is 0 Å². The van der Waals surface area contributed by atoms with Crippen molar-refractivity contribution in [2.75, 3.05) is 0 Å². The fraction of sp³-hybridized carbons (Fsp3) is 0.500. The third-order valence-electron chi connectivity index (χ3n) is 6.20. The van der Waals surface area contributed by atoms with E-state index in [-0.39, 0.29) is 5.91 Å². The van der Waals surface area contributed by atoms with Gasteiger partial charge in [0, 0.05) is 17.1 Å². The molecule has 1 amide bonds. The van der Waals surface area contributed by atoms with Gasteiger partial charge in [0.15, 0.2) is 0 Å².